The summed E-state index contributed by atoms with van der Waals surface area (Å²) in [6.07, 6.45) is 17.7. The van der Waals surface area contributed by atoms with Crippen LogP contribution >= 0.6 is 0 Å². The van der Waals surface area contributed by atoms with Crippen LogP contribution in [0.5, 0.6) is 0 Å². The molecule has 2 atom stereocenters. The first-order valence-corrected chi connectivity index (χ1v) is 13.0. The van der Waals surface area contributed by atoms with Crippen LogP contribution in [-0.2, 0) is 19.7 Å². The molecule has 0 aliphatic heterocycles. The van der Waals surface area contributed by atoms with E-state index >= 15 is 0 Å². The predicted molar refractivity (Wildman–Crippen MR) is 122 cm³/mol. The van der Waals surface area contributed by atoms with Gasteiger partial charge in [-0.05, 0) is 38.5 Å². The standard InChI is InChI=1S/C8H12O3S.2C8H16O2.3Na/c1-7-5-3-4-6-8(7,2)12(9,10)11;2*1-2-3-4-5-6-7-8(9)10;;;/h3-7H,1-2H3,(H,9,10,11);2*2-7H2,1H3,(H,9,10);;;/q;;;3*+1/p-3. The van der Waals surface area contributed by atoms with Crippen molar-refractivity contribution >= 4 is 22.1 Å². The van der Waals surface area contributed by atoms with E-state index in [-0.39, 0.29) is 107 Å². The van der Waals surface area contributed by atoms with Crippen LogP contribution in [-0.4, -0.2) is 29.7 Å². The molecule has 0 saturated heterocycles. The largest absolute Gasteiger partial charge is 1.00 e. The van der Waals surface area contributed by atoms with Crippen LogP contribution in [0.15, 0.2) is 24.3 Å². The topological polar surface area (TPSA) is 137 Å². The fourth-order valence-electron chi connectivity index (χ4n) is 2.88. The summed E-state index contributed by atoms with van der Waals surface area (Å²) in [4.78, 5) is 19.8. The van der Waals surface area contributed by atoms with E-state index in [1.54, 1.807) is 25.2 Å². The molecule has 0 radical (unpaired) electrons. The predicted octanol–water partition coefficient (Wildman–Crippen LogP) is -5.74. The molecule has 188 valence electrons. The third-order valence-corrected chi connectivity index (χ3v) is 6.93. The Labute approximate surface area is 280 Å². The summed E-state index contributed by atoms with van der Waals surface area (Å²) in [5.41, 5.74) is 0. The number of rotatable bonds is 13. The number of aliphatic carboxylic acids is 2. The molecule has 35 heavy (non-hydrogen) atoms. The molecule has 7 nitrogen and oxygen atoms in total. The zero-order chi connectivity index (χ0) is 25.0. The number of carbonyl (C=O) groups is 2. The average Bonchev–Trinajstić information content (AvgIpc) is 2.70. The van der Waals surface area contributed by atoms with E-state index in [4.69, 9.17) is 0 Å². The Morgan fingerprint density at radius 1 is 0.771 bits per heavy atom. The van der Waals surface area contributed by atoms with Crippen LogP contribution in [0, 0.1) is 5.92 Å². The third kappa shape index (κ3) is 26.7. The van der Waals surface area contributed by atoms with E-state index in [1.807, 2.05) is 0 Å². The second-order valence-corrected chi connectivity index (χ2v) is 10.0. The van der Waals surface area contributed by atoms with Crippen molar-refractivity contribution < 1.29 is 121 Å². The van der Waals surface area contributed by atoms with Crippen molar-refractivity contribution in [1.82, 2.24) is 0 Å². The van der Waals surface area contributed by atoms with Gasteiger partial charge in [-0.3, -0.25) is 0 Å². The van der Waals surface area contributed by atoms with E-state index in [0.717, 1.165) is 38.5 Å². The molecule has 0 spiro atoms. The van der Waals surface area contributed by atoms with Gasteiger partial charge in [-0.2, -0.15) is 0 Å². The van der Waals surface area contributed by atoms with Crippen LogP contribution in [0.25, 0.3) is 0 Å². The van der Waals surface area contributed by atoms with E-state index < -0.39 is 26.8 Å². The van der Waals surface area contributed by atoms with Crippen LogP contribution < -0.4 is 98.9 Å². The van der Waals surface area contributed by atoms with E-state index in [1.165, 1.54) is 38.7 Å². The SMILES string of the molecule is CC1C=CC=CC1(C)S(=O)(=O)[O-].CCCCCCCC(=O)[O-].CCCCCCCC(=O)[O-].[Na+].[Na+].[Na+]. The first-order valence-electron chi connectivity index (χ1n) is 11.6. The van der Waals surface area contributed by atoms with Gasteiger partial charge in [0.25, 0.3) is 0 Å². The van der Waals surface area contributed by atoms with Crippen molar-refractivity contribution in [2.45, 2.75) is 109 Å². The van der Waals surface area contributed by atoms with Gasteiger partial charge in [0.1, 0.15) is 10.1 Å². The zero-order valence-electron chi connectivity index (χ0n) is 23.1. The smallest absolute Gasteiger partial charge is 0.747 e. The molecule has 0 N–H and O–H groups in total. The van der Waals surface area contributed by atoms with Gasteiger partial charge >= 0.3 is 88.7 Å². The molecular formula is C24H41Na3O7S. The molecule has 1 aliphatic carbocycles. The minimum absolute atomic E-state index is 0. The van der Waals surface area contributed by atoms with Gasteiger partial charge in [0, 0.05) is 11.9 Å². The zero-order valence-corrected chi connectivity index (χ0v) is 30.0. The van der Waals surface area contributed by atoms with Gasteiger partial charge in [0.05, 0.1) is 4.75 Å². The molecule has 0 saturated carbocycles. The van der Waals surface area contributed by atoms with Crippen LogP contribution in [0.1, 0.15) is 105 Å². The minimum Gasteiger partial charge on any atom is -0.747 e. The first-order chi connectivity index (χ1) is 14.9. The number of allylic oxidation sites excluding steroid dienone is 3. The normalized spacial score (nSPS) is 17.7. The molecule has 0 aromatic carbocycles. The van der Waals surface area contributed by atoms with Gasteiger partial charge in [-0.15, -0.1) is 0 Å². The molecular weight excluding hydrogens is 501 g/mol. The summed E-state index contributed by atoms with van der Waals surface area (Å²) < 4.78 is 31.4. The summed E-state index contributed by atoms with van der Waals surface area (Å²) in [5.74, 6) is -2.10. The van der Waals surface area contributed by atoms with Crippen molar-refractivity contribution in [3.63, 3.8) is 0 Å². The van der Waals surface area contributed by atoms with Gasteiger partial charge in [-0.1, -0.05) is 96.4 Å². The number of carboxylic acid groups (broad SMARTS) is 2. The number of hydrogen-bond donors (Lipinski definition) is 0. The third-order valence-electron chi connectivity index (χ3n) is 5.35. The average molecular weight is 543 g/mol. The van der Waals surface area contributed by atoms with Crippen molar-refractivity contribution in [2.24, 2.45) is 5.92 Å². The number of unbranched alkanes of at least 4 members (excludes halogenated alkanes) is 8. The Bertz CT molecular complexity index is 659. The Hall–Kier alpha value is 1.33. The second-order valence-electron chi connectivity index (χ2n) is 8.24. The first kappa shape index (κ1) is 46.2. The Morgan fingerprint density at radius 3 is 1.40 bits per heavy atom. The molecule has 0 amide bonds. The van der Waals surface area contributed by atoms with Crippen molar-refractivity contribution in [2.75, 3.05) is 0 Å². The Kier molecular flexibility index (Phi) is 37.4. The summed E-state index contributed by atoms with van der Waals surface area (Å²) in [7, 11) is -4.26. The summed E-state index contributed by atoms with van der Waals surface area (Å²) >= 11 is 0. The van der Waals surface area contributed by atoms with Gasteiger partial charge in [0.15, 0.2) is 0 Å². The van der Waals surface area contributed by atoms with E-state index in [0.29, 0.717) is 0 Å². The Morgan fingerprint density at radius 2 is 1.14 bits per heavy atom. The van der Waals surface area contributed by atoms with Crippen molar-refractivity contribution in [3.05, 3.63) is 24.3 Å². The van der Waals surface area contributed by atoms with E-state index in [2.05, 4.69) is 13.8 Å². The summed E-state index contributed by atoms with van der Waals surface area (Å²) in [6.45, 7) is 7.44. The quantitative estimate of drug-likeness (QED) is 0.128. The monoisotopic (exact) mass is 542 g/mol. The Balaban J connectivity index is -0.000000124. The fourth-order valence-corrected chi connectivity index (χ4v) is 3.66. The molecule has 0 fully saturated rings. The molecule has 1 aliphatic rings. The van der Waals surface area contributed by atoms with Crippen LogP contribution in [0.3, 0.4) is 0 Å². The van der Waals surface area contributed by atoms with Crippen LogP contribution in [0.4, 0.5) is 0 Å². The maximum Gasteiger partial charge on any atom is 1.00 e. The fraction of sp³-hybridized carbons (Fsp3) is 0.750. The van der Waals surface area contributed by atoms with Gasteiger partial charge < -0.3 is 24.4 Å². The number of carboxylic acids is 2. The van der Waals surface area contributed by atoms with Crippen molar-refractivity contribution in [1.29, 1.82) is 0 Å². The van der Waals surface area contributed by atoms with Crippen LogP contribution in [0.2, 0.25) is 0 Å². The minimum atomic E-state index is -4.26. The summed E-state index contributed by atoms with van der Waals surface area (Å²) in [6, 6.07) is 0. The molecule has 0 aromatic heterocycles. The molecule has 0 bridgehead atoms. The van der Waals surface area contributed by atoms with E-state index in [9.17, 15) is 32.8 Å². The maximum absolute atomic E-state index is 10.9. The number of hydrogen-bond acceptors (Lipinski definition) is 7. The number of carbonyl (C=O) groups excluding carboxylic acids is 2. The summed E-state index contributed by atoms with van der Waals surface area (Å²) in [5, 5.41) is 19.8. The molecule has 0 heterocycles. The molecule has 0 aromatic rings. The van der Waals surface area contributed by atoms with Gasteiger partial charge in [-0.25, -0.2) is 8.42 Å². The molecule has 1 rings (SSSR count). The molecule has 2 unspecified atom stereocenters. The maximum atomic E-state index is 10.9. The van der Waals surface area contributed by atoms with Crippen molar-refractivity contribution in [3.8, 4) is 0 Å². The second kappa shape index (κ2) is 28.3. The molecule has 11 heteroatoms. The van der Waals surface area contributed by atoms with Gasteiger partial charge in [0.2, 0.25) is 0 Å².